The highest BCUT2D eigenvalue weighted by Gasteiger charge is 2.15. The highest BCUT2D eigenvalue weighted by molar-refractivity contribution is 6.18. The minimum Gasteiger partial charge on any atom is -0.508 e. The van der Waals surface area contributed by atoms with Gasteiger partial charge in [0.1, 0.15) is 5.75 Å². The summed E-state index contributed by atoms with van der Waals surface area (Å²) >= 11 is 5.78. The van der Waals surface area contributed by atoms with Gasteiger partial charge >= 0.3 is 0 Å². The van der Waals surface area contributed by atoms with E-state index in [0.717, 1.165) is 5.56 Å². The second kappa shape index (κ2) is 6.96. The predicted octanol–water partition coefficient (Wildman–Crippen LogP) is 3.27. The van der Waals surface area contributed by atoms with E-state index in [0.29, 0.717) is 24.5 Å². The largest absolute Gasteiger partial charge is 0.508 e. The Morgan fingerprint density at radius 3 is 2.50 bits per heavy atom. The first-order valence-corrected chi connectivity index (χ1v) is 6.92. The van der Waals surface area contributed by atoms with Gasteiger partial charge in [-0.3, -0.25) is 4.79 Å². The average molecular weight is 290 g/mol. The van der Waals surface area contributed by atoms with E-state index in [4.69, 9.17) is 11.6 Å². The lowest BCUT2D eigenvalue weighted by Crippen LogP contribution is -2.32. The topological polar surface area (TPSA) is 40.5 Å². The Labute approximate surface area is 123 Å². The molecule has 0 unspecified atom stereocenters. The molecule has 0 spiro atoms. The molecule has 104 valence electrons. The van der Waals surface area contributed by atoms with Gasteiger partial charge in [-0.2, -0.15) is 0 Å². The highest BCUT2D eigenvalue weighted by Crippen LogP contribution is 2.15. The fourth-order valence-corrected chi connectivity index (χ4v) is 2.18. The van der Waals surface area contributed by atoms with Crippen molar-refractivity contribution in [2.75, 3.05) is 12.4 Å². The second-order valence-corrected chi connectivity index (χ2v) is 4.83. The summed E-state index contributed by atoms with van der Waals surface area (Å²) < 4.78 is 0. The molecular weight excluding hydrogens is 274 g/mol. The van der Waals surface area contributed by atoms with Crippen LogP contribution in [0.5, 0.6) is 5.75 Å². The van der Waals surface area contributed by atoms with Gasteiger partial charge in [0.05, 0.1) is 0 Å². The Balaban J connectivity index is 2.18. The molecule has 2 aromatic carbocycles. The molecule has 0 radical (unpaired) electrons. The number of hydrogen-bond donors (Lipinski definition) is 1. The van der Waals surface area contributed by atoms with E-state index in [1.54, 1.807) is 23.1 Å². The van der Waals surface area contributed by atoms with Crippen LogP contribution in [0.1, 0.15) is 15.9 Å². The van der Waals surface area contributed by atoms with Crippen LogP contribution in [-0.4, -0.2) is 28.3 Å². The van der Waals surface area contributed by atoms with Gasteiger partial charge in [0.15, 0.2) is 0 Å². The fourth-order valence-electron chi connectivity index (χ4n) is 1.98. The zero-order valence-electron chi connectivity index (χ0n) is 11.0. The quantitative estimate of drug-likeness (QED) is 0.858. The summed E-state index contributed by atoms with van der Waals surface area (Å²) in [5.41, 5.74) is 1.51. The maximum Gasteiger partial charge on any atom is 0.254 e. The van der Waals surface area contributed by atoms with Crippen molar-refractivity contribution < 1.29 is 9.90 Å². The smallest absolute Gasteiger partial charge is 0.254 e. The lowest BCUT2D eigenvalue weighted by atomic mass is 10.1. The lowest BCUT2D eigenvalue weighted by Gasteiger charge is -2.22. The first kappa shape index (κ1) is 14.4. The number of aromatic hydroxyl groups is 1. The maximum absolute atomic E-state index is 12.4. The monoisotopic (exact) mass is 289 g/mol. The van der Waals surface area contributed by atoms with Crippen molar-refractivity contribution >= 4 is 17.5 Å². The zero-order valence-corrected chi connectivity index (χ0v) is 11.8. The Hall–Kier alpha value is -2.00. The minimum atomic E-state index is -0.134. The molecule has 0 saturated carbocycles. The van der Waals surface area contributed by atoms with Crippen molar-refractivity contribution in [1.29, 1.82) is 0 Å². The van der Waals surface area contributed by atoms with Crippen LogP contribution in [0.2, 0.25) is 0 Å². The van der Waals surface area contributed by atoms with Gasteiger partial charge in [0.25, 0.3) is 5.91 Å². The van der Waals surface area contributed by atoms with Crippen LogP contribution in [0.3, 0.4) is 0 Å². The van der Waals surface area contributed by atoms with Gasteiger partial charge in [0, 0.05) is 24.5 Å². The van der Waals surface area contributed by atoms with Crippen molar-refractivity contribution in [3.8, 4) is 5.75 Å². The first-order chi connectivity index (χ1) is 9.70. The number of carbonyl (C=O) groups is 1. The van der Waals surface area contributed by atoms with Crippen LogP contribution in [0.4, 0.5) is 0 Å². The van der Waals surface area contributed by atoms with Gasteiger partial charge in [-0.05, 0) is 23.8 Å². The van der Waals surface area contributed by atoms with Gasteiger partial charge < -0.3 is 10.0 Å². The summed E-state index contributed by atoms with van der Waals surface area (Å²) in [5.74, 6) is 0.323. The van der Waals surface area contributed by atoms with Crippen molar-refractivity contribution in [3.05, 3.63) is 65.7 Å². The van der Waals surface area contributed by atoms with Crippen molar-refractivity contribution in [1.82, 2.24) is 4.90 Å². The first-order valence-electron chi connectivity index (χ1n) is 6.39. The fraction of sp³-hybridized carbons (Fsp3) is 0.188. The SMILES string of the molecule is O=C(c1cccc(O)c1)N(CCCl)Cc1ccccc1. The number of nitrogens with zero attached hydrogens (tertiary/aromatic N) is 1. The molecule has 0 aromatic heterocycles. The minimum absolute atomic E-state index is 0.0846. The number of halogens is 1. The number of benzene rings is 2. The normalized spacial score (nSPS) is 10.2. The second-order valence-electron chi connectivity index (χ2n) is 4.45. The van der Waals surface area contributed by atoms with E-state index >= 15 is 0 Å². The molecule has 0 saturated heterocycles. The molecule has 0 fully saturated rings. The number of rotatable bonds is 5. The zero-order chi connectivity index (χ0) is 14.4. The molecular formula is C16H16ClNO2. The number of phenols is 1. The molecule has 1 N–H and O–H groups in total. The standard InChI is InChI=1S/C16H16ClNO2/c17-9-10-18(12-13-5-2-1-3-6-13)16(20)14-7-4-8-15(19)11-14/h1-8,11,19H,9-10,12H2. The maximum atomic E-state index is 12.4. The van der Waals surface area contributed by atoms with E-state index in [1.165, 1.54) is 6.07 Å². The highest BCUT2D eigenvalue weighted by atomic mass is 35.5. The molecule has 0 aliphatic rings. The summed E-state index contributed by atoms with van der Waals surface area (Å²) in [5, 5.41) is 9.47. The Bertz CT molecular complexity index is 572. The van der Waals surface area contributed by atoms with Crippen LogP contribution in [0.25, 0.3) is 0 Å². The molecule has 20 heavy (non-hydrogen) atoms. The van der Waals surface area contributed by atoms with Crippen molar-refractivity contribution in [2.45, 2.75) is 6.54 Å². The molecule has 0 bridgehead atoms. The van der Waals surface area contributed by atoms with Gasteiger partial charge in [-0.1, -0.05) is 36.4 Å². The summed E-state index contributed by atoms with van der Waals surface area (Å²) in [7, 11) is 0. The third-order valence-electron chi connectivity index (χ3n) is 2.95. The van der Waals surface area contributed by atoms with Crippen LogP contribution in [-0.2, 0) is 6.54 Å². The average Bonchev–Trinajstić information content (AvgIpc) is 2.47. The summed E-state index contributed by atoms with van der Waals surface area (Å²) in [6.45, 7) is 0.965. The summed E-state index contributed by atoms with van der Waals surface area (Å²) in [6.07, 6.45) is 0. The number of phenolic OH excluding ortho intramolecular Hbond substituents is 1. The third-order valence-corrected chi connectivity index (χ3v) is 3.12. The summed E-state index contributed by atoms with van der Waals surface area (Å²) in [4.78, 5) is 14.1. The number of hydrogen-bond acceptors (Lipinski definition) is 2. The van der Waals surface area contributed by atoms with E-state index in [9.17, 15) is 9.90 Å². The Kier molecular flexibility index (Phi) is 5.02. The number of amides is 1. The number of carbonyl (C=O) groups excluding carboxylic acids is 1. The van der Waals surface area contributed by atoms with Crippen LogP contribution in [0.15, 0.2) is 54.6 Å². The molecule has 4 heteroatoms. The molecule has 2 rings (SSSR count). The van der Waals surface area contributed by atoms with E-state index in [-0.39, 0.29) is 11.7 Å². The molecule has 0 atom stereocenters. The molecule has 2 aromatic rings. The van der Waals surface area contributed by atoms with Gasteiger partial charge in [-0.25, -0.2) is 0 Å². The Morgan fingerprint density at radius 2 is 1.85 bits per heavy atom. The van der Waals surface area contributed by atoms with Gasteiger partial charge in [0.2, 0.25) is 0 Å². The van der Waals surface area contributed by atoms with Crippen LogP contribution >= 0.6 is 11.6 Å². The molecule has 0 aliphatic carbocycles. The molecule has 1 amide bonds. The molecule has 3 nitrogen and oxygen atoms in total. The molecule has 0 heterocycles. The van der Waals surface area contributed by atoms with E-state index in [1.807, 2.05) is 30.3 Å². The summed E-state index contributed by atoms with van der Waals surface area (Å²) in [6, 6.07) is 16.1. The van der Waals surface area contributed by atoms with Crippen molar-refractivity contribution in [3.63, 3.8) is 0 Å². The van der Waals surface area contributed by atoms with E-state index < -0.39 is 0 Å². The van der Waals surface area contributed by atoms with Crippen LogP contribution < -0.4 is 0 Å². The molecule has 0 aliphatic heterocycles. The van der Waals surface area contributed by atoms with E-state index in [2.05, 4.69) is 0 Å². The third kappa shape index (κ3) is 3.75. The van der Waals surface area contributed by atoms with Crippen molar-refractivity contribution in [2.24, 2.45) is 0 Å². The lowest BCUT2D eigenvalue weighted by molar-refractivity contribution is 0.0753. The predicted molar refractivity (Wildman–Crippen MR) is 80.0 cm³/mol. The van der Waals surface area contributed by atoms with Crippen LogP contribution in [0, 0.1) is 0 Å². The number of alkyl halides is 1. The van der Waals surface area contributed by atoms with Gasteiger partial charge in [-0.15, -0.1) is 11.6 Å². The Morgan fingerprint density at radius 1 is 1.10 bits per heavy atom.